The van der Waals surface area contributed by atoms with E-state index in [0.29, 0.717) is 5.82 Å². The van der Waals surface area contributed by atoms with Gasteiger partial charge in [-0.3, -0.25) is 4.79 Å². The van der Waals surface area contributed by atoms with Crippen molar-refractivity contribution >= 4 is 27.3 Å². The minimum atomic E-state index is -0.863. The van der Waals surface area contributed by atoms with Crippen molar-refractivity contribution in [1.29, 1.82) is 0 Å². The summed E-state index contributed by atoms with van der Waals surface area (Å²) >= 11 is 1.52. The summed E-state index contributed by atoms with van der Waals surface area (Å²) in [6.45, 7) is -0.416. The van der Waals surface area contributed by atoms with Crippen molar-refractivity contribution in [2.75, 3.05) is 6.61 Å². The second-order valence-corrected chi connectivity index (χ2v) is 6.90. The molecule has 2 aromatic carbocycles. The fraction of sp³-hybridized carbons (Fsp3) is 0.105. The van der Waals surface area contributed by atoms with E-state index in [1.807, 2.05) is 30.3 Å². The molecule has 1 amide bonds. The summed E-state index contributed by atoms with van der Waals surface area (Å²) in [5, 5.41) is 17.3. The molecule has 8 heteroatoms. The molecule has 2 heterocycles. The first-order chi connectivity index (χ1) is 13.1. The molecule has 2 N–H and O–H groups in total. The van der Waals surface area contributed by atoms with Gasteiger partial charge in [-0.05, 0) is 41.8 Å². The number of aliphatic hydroxyl groups is 1. The van der Waals surface area contributed by atoms with Gasteiger partial charge in [0.1, 0.15) is 11.9 Å². The molecule has 27 heavy (non-hydrogen) atoms. The molecule has 0 aliphatic rings. The number of rotatable bonds is 5. The number of halogens is 1. The first-order valence-electron chi connectivity index (χ1n) is 8.14. The summed E-state index contributed by atoms with van der Waals surface area (Å²) < 4.78 is 19.3. The van der Waals surface area contributed by atoms with Crippen LogP contribution in [0.3, 0.4) is 0 Å². The zero-order valence-corrected chi connectivity index (χ0v) is 14.7. The summed E-state index contributed by atoms with van der Waals surface area (Å²) in [6.07, 6.45) is 0. The van der Waals surface area contributed by atoms with Crippen molar-refractivity contribution in [3.8, 4) is 10.7 Å². The van der Waals surface area contributed by atoms with Crippen LogP contribution in [-0.4, -0.2) is 27.8 Å². The van der Waals surface area contributed by atoms with E-state index in [4.69, 9.17) is 4.52 Å². The molecule has 0 aliphatic heterocycles. The number of carbonyl (C=O) groups is 1. The molecule has 0 fully saturated rings. The van der Waals surface area contributed by atoms with Crippen molar-refractivity contribution in [1.82, 2.24) is 15.5 Å². The molecular formula is C19H14FN3O3S. The molecule has 0 unspecified atom stereocenters. The second kappa shape index (κ2) is 7.26. The van der Waals surface area contributed by atoms with E-state index < -0.39 is 24.4 Å². The Morgan fingerprint density at radius 2 is 2.00 bits per heavy atom. The van der Waals surface area contributed by atoms with E-state index in [2.05, 4.69) is 15.5 Å². The van der Waals surface area contributed by atoms with Gasteiger partial charge >= 0.3 is 0 Å². The maximum Gasteiger partial charge on any atom is 0.251 e. The Bertz CT molecular complexity index is 1060. The molecule has 136 valence electrons. The van der Waals surface area contributed by atoms with Gasteiger partial charge in [0.25, 0.3) is 11.8 Å². The number of benzene rings is 2. The number of hydrogen-bond acceptors (Lipinski definition) is 6. The molecule has 1 atom stereocenters. The fourth-order valence-corrected chi connectivity index (χ4v) is 3.59. The van der Waals surface area contributed by atoms with Crippen molar-refractivity contribution in [2.24, 2.45) is 0 Å². The molecular weight excluding hydrogens is 369 g/mol. The van der Waals surface area contributed by atoms with Crippen LogP contribution in [0.5, 0.6) is 0 Å². The lowest BCUT2D eigenvalue weighted by Crippen LogP contribution is -2.31. The minimum absolute atomic E-state index is 0.0976. The molecule has 4 rings (SSSR count). The third-order valence-electron chi connectivity index (χ3n) is 3.98. The summed E-state index contributed by atoms with van der Waals surface area (Å²) in [6, 6.07) is 14.1. The number of nitrogens with zero attached hydrogens (tertiary/aromatic N) is 2. The quantitative estimate of drug-likeness (QED) is 0.550. The van der Waals surface area contributed by atoms with Crippen LogP contribution in [0.25, 0.3) is 20.8 Å². The van der Waals surface area contributed by atoms with Crippen LogP contribution >= 0.6 is 11.3 Å². The molecule has 0 radical (unpaired) electrons. The van der Waals surface area contributed by atoms with Crippen LogP contribution in [-0.2, 0) is 0 Å². The maximum absolute atomic E-state index is 13.0. The molecule has 0 saturated heterocycles. The topological polar surface area (TPSA) is 88.2 Å². The SMILES string of the molecule is O=C(N[C@@H](CO)c1nc(-c2cc3ccccc3s2)no1)c1ccc(F)cc1. The second-order valence-electron chi connectivity index (χ2n) is 5.82. The molecule has 2 aromatic heterocycles. The Morgan fingerprint density at radius 3 is 2.74 bits per heavy atom. The molecule has 0 aliphatic carbocycles. The number of fused-ring (bicyclic) bond motifs is 1. The highest BCUT2D eigenvalue weighted by molar-refractivity contribution is 7.22. The van der Waals surface area contributed by atoms with Gasteiger partial charge in [0.2, 0.25) is 5.82 Å². The number of aromatic nitrogens is 2. The van der Waals surface area contributed by atoms with Gasteiger partial charge < -0.3 is 14.9 Å². The van der Waals surface area contributed by atoms with Crippen LogP contribution in [0.1, 0.15) is 22.3 Å². The van der Waals surface area contributed by atoms with Gasteiger partial charge in [-0.1, -0.05) is 23.4 Å². The largest absolute Gasteiger partial charge is 0.394 e. The maximum atomic E-state index is 13.0. The summed E-state index contributed by atoms with van der Waals surface area (Å²) in [5.74, 6) is -0.424. The Morgan fingerprint density at radius 1 is 1.22 bits per heavy atom. The van der Waals surface area contributed by atoms with Crippen molar-refractivity contribution < 1.29 is 18.8 Å². The van der Waals surface area contributed by atoms with Crippen molar-refractivity contribution in [3.05, 3.63) is 71.9 Å². The lowest BCUT2D eigenvalue weighted by Gasteiger charge is -2.12. The zero-order valence-electron chi connectivity index (χ0n) is 13.9. The third kappa shape index (κ3) is 3.57. The smallest absolute Gasteiger partial charge is 0.251 e. The lowest BCUT2D eigenvalue weighted by molar-refractivity contribution is 0.0901. The number of nitrogens with one attached hydrogen (secondary N) is 1. The lowest BCUT2D eigenvalue weighted by atomic mass is 10.2. The van der Waals surface area contributed by atoms with Gasteiger partial charge in [0.05, 0.1) is 11.5 Å². The standard InChI is InChI=1S/C19H14FN3O3S/c20-13-7-5-11(6-8-13)18(25)21-14(10-24)19-22-17(23-26-19)16-9-12-3-1-2-4-15(12)27-16/h1-9,14,24H,10H2,(H,21,25)/t14-/m0/s1. The van der Waals surface area contributed by atoms with Gasteiger partial charge in [-0.15, -0.1) is 11.3 Å². The highest BCUT2D eigenvalue weighted by atomic mass is 32.1. The van der Waals surface area contributed by atoms with E-state index in [-0.39, 0.29) is 11.5 Å². The van der Waals surface area contributed by atoms with E-state index in [0.717, 1.165) is 15.0 Å². The molecule has 0 bridgehead atoms. The van der Waals surface area contributed by atoms with Crippen molar-refractivity contribution in [2.45, 2.75) is 6.04 Å². The van der Waals surface area contributed by atoms with Gasteiger partial charge in [0.15, 0.2) is 0 Å². The van der Waals surface area contributed by atoms with E-state index in [1.54, 1.807) is 0 Å². The average molecular weight is 383 g/mol. The van der Waals surface area contributed by atoms with Crippen LogP contribution in [0, 0.1) is 5.82 Å². The fourth-order valence-electron chi connectivity index (χ4n) is 2.60. The average Bonchev–Trinajstić information content (AvgIpc) is 3.33. The van der Waals surface area contributed by atoms with Crippen LogP contribution < -0.4 is 5.32 Å². The molecule has 0 saturated carbocycles. The number of amides is 1. The highest BCUT2D eigenvalue weighted by Crippen LogP contribution is 2.32. The van der Waals surface area contributed by atoms with Gasteiger partial charge in [-0.2, -0.15) is 4.98 Å². The predicted octanol–water partition coefficient (Wildman–Crippen LogP) is 3.55. The van der Waals surface area contributed by atoms with Crippen LogP contribution in [0.15, 0.2) is 59.1 Å². The first-order valence-corrected chi connectivity index (χ1v) is 8.95. The summed E-state index contributed by atoms with van der Waals surface area (Å²) in [7, 11) is 0. The summed E-state index contributed by atoms with van der Waals surface area (Å²) in [5.41, 5.74) is 0.263. The van der Waals surface area contributed by atoms with Gasteiger partial charge in [-0.25, -0.2) is 4.39 Å². The van der Waals surface area contributed by atoms with E-state index >= 15 is 0 Å². The molecule has 6 nitrogen and oxygen atoms in total. The van der Waals surface area contributed by atoms with Crippen LogP contribution in [0.2, 0.25) is 0 Å². The van der Waals surface area contributed by atoms with Crippen LogP contribution in [0.4, 0.5) is 4.39 Å². The number of aliphatic hydroxyl groups excluding tert-OH is 1. The minimum Gasteiger partial charge on any atom is -0.394 e. The van der Waals surface area contributed by atoms with Crippen molar-refractivity contribution in [3.63, 3.8) is 0 Å². The Labute approximate surface area is 157 Å². The Balaban J connectivity index is 1.55. The Hall–Kier alpha value is -3.10. The first kappa shape index (κ1) is 17.3. The zero-order chi connectivity index (χ0) is 18.8. The summed E-state index contributed by atoms with van der Waals surface area (Å²) in [4.78, 5) is 17.4. The molecule has 4 aromatic rings. The number of thiophene rings is 1. The van der Waals surface area contributed by atoms with Gasteiger partial charge in [0, 0.05) is 10.3 Å². The van der Waals surface area contributed by atoms with E-state index in [1.165, 1.54) is 35.6 Å². The normalized spacial score (nSPS) is 12.2. The number of hydrogen-bond donors (Lipinski definition) is 2. The molecule has 0 spiro atoms. The highest BCUT2D eigenvalue weighted by Gasteiger charge is 2.22. The monoisotopic (exact) mass is 383 g/mol. The number of carbonyl (C=O) groups excluding carboxylic acids is 1. The predicted molar refractivity (Wildman–Crippen MR) is 98.8 cm³/mol. The third-order valence-corrected chi connectivity index (χ3v) is 5.09. The van der Waals surface area contributed by atoms with E-state index in [9.17, 15) is 14.3 Å². The Kier molecular flexibility index (Phi) is 4.66.